The van der Waals surface area contributed by atoms with Crippen molar-refractivity contribution in [3.8, 4) is 11.5 Å². The van der Waals surface area contributed by atoms with Crippen LogP contribution in [-0.2, 0) is 6.54 Å². The van der Waals surface area contributed by atoms with Crippen LogP contribution in [0.15, 0.2) is 57.8 Å². The molecule has 1 aromatic heterocycles. The van der Waals surface area contributed by atoms with Gasteiger partial charge in [0.05, 0.1) is 13.2 Å². The van der Waals surface area contributed by atoms with Gasteiger partial charge in [0.15, 0.2) is 11.6 Å². The number of hydrogen-bond donors (Lipinski definition) is 2. The Morgan fingerprint density at radius 2 is 1.83 bits per heavy atom. The number of hydrogen-bond acceptors (Lipinski definition) is 4. The van der Waals surface area contributed by atoms with E-state index in [4.69, 9.17) is 10.5 Å². The van der Waals surface area contributed by atoms with E-state index in [0.717, 1.165) is 17.7 Å². The van der Waals surface area contributed by atoms with E-state index >= 15 is 0 Å². The molecule has 0 fully saturated rings. The lowest BCUT2D eigenvalue weighted by Gasteiger charge is -2.15. The molecule has 0 bridgehead atoms. The van der Waals surface area contributed by atoms with Gasteiger partial charge in [-0.1, -0.05) is 12.1 Å². The second-order valence-electron chi connectivity index (χ2n) is 6.44. The lowest BCUT2D eigenvalue weighted by Crippen LogP contribution is -2.29. The number of amides is 1. The number of nitrogens with one attached hydrogen (secondary N) is 1. The first-order valence-corrected chi connectivity index (χ1v) is 9.69. The number of benzene rings is 2. The molecule has 3 aromatic rings. The van der Waals surface area contributed by atoms with Crippen molar-refractivity contribution >= 4 is 21.8 Å². The fourth-order valence-electron chi connectivity index (χ4n) is 2.80. The maximum atomic E-state index is 13.9. The maximum Gasteiger partial charge on any atom is 0.269 e. The quantitative estimate of drug-likeness (QED) is 0.530. The zero-order chi connectivity index (χ0) is 21.8. The Labute approximate surface area is 179 Å². The first-order valence-electron chi connectivity index (χ1n) is 8.90. The molecule has 3 N–H and O–H groups in total. The summed E-state index contributed by atoms with van der Waals surface area (Å²) in [4.78, 5) is 24.6. The minimum atomic E-state index is -0.873. The average molecular weight is 478 g/mol. The number of aromatic nitrogens is 1. The SMILES string of the molecule is Cc1cc(Oc2ccc(F)cc2F)c(Br)c(=O)n1Cc1ccc(C(=O)NCN)cc1. The van der Waals surface area contributed by atoms with E-state index in [2.05, 4.69) is 21.2 Å². The average Bonchev–Trinajstić information content (AvgIpc) is 2.71. The number of carbonyl (C=O) groups is 1. The summed E-state index contributed by atoms with van der Waals surface area (Å²) in [6.45, 7) is 2.01. The monoisotopic (exact) mass is 477 g/mol. The van der Waals surface area contributed by atoms with E-state index in [1.165, 1.54) is 4.57 Å². The van der Waals surface area contributed by atoms with Gasteiger partial charge in [-0.3, -0.25) is 9.59 Å². The summed E-state index contributed by atoms with van der Waals surface area (Å²) in [5.74, 6) is -1.96. The minimum absolute atomic E-state index is 0.0411. The molecule has 0 unspecified atom stereocenters. The van der Waals surface area contributed by atoms with Gasteiger partial charge in [0.2, 0.25) is 0 Å². The van der Waals surface area contributed by atoms with Crippen molar-refractivity contribution in [2.75, 3.05) is 6.67 Å². The third-order valence-corrected chi connectivity index (χ3v) is 5.08. The van der Waals surface area contributed by atoms with E-state index in [-0.39, 0.29) is 40.7 Å². The summed E-state index contributed by atoms with van der Waals surface area (Å²) in [6, 6.07) is 11.3. The molecule has 6 nitrogen and oxygen atoms in total. The predicted molar refractivity (Wildman–Crippen MR) is 112 cm³/mol. The van der Waals surface area contributed by atoms with Crippen LogP contribution in [0, 0.1) is 18.6 Å². The zero-order valence-corrected chi connectivity index (χ0v) is 17.5. The van der Waals surface area contributed by atoms with Crippen molar-refractivity contribution < 1.29 is 18.3 Å². The zero-order valence-electron chi connectivity index (χ0n) is 15.9. The molecule has 0 aliphatic carbocycles. The highest BCUT2D eigenvalue weighted by Gasteiger charge is 2.15. The Kier molecular flexibility index (Phi) is 6.63. The van der Waals surface area contributed by atoms with Crippen LogP contribution in [0.3, 0.4) is 0 Å². The number of aryl methyl sites for hydroxylation is 1. The molecule has 0 atom stereocenters. The standard InChI is InChI=1S/C21H18BrF2N3O3/c1-12-8-18(30-17-7-6-15(23)9-16(17)24)19(22)21(29)27(12)10-13-2-4-14(5-3-13)20(28)26-11-25/h2-9H,10-11,25H2,1H3,(H,26,28). The van der Waals surface area contributed by atoms with Crippen LogP contribution >= 0.6 is 15.9 Å². The predicted octanol–water partition coefficient (Wildman–Crippen LogP) is 3.68. The third-order valence-electron chi connectivity index (χ3n) is 4.35. The summed E-state index contributed by atoms with van der Waals surface area (Å²) in [5, 5.41) is 2.51. The molecule has 156 valence electrons. The molecule has 1 amide bonds. The summed E-state index contributed by atoms with van der Waals surface area (Å²) in [5.41, 5.74) is 6.76. The number of nitrogens with two attached hydrogens (primary N) is 1. The van der Waals surface area contributed by atoms with Gasteiger partial charge >= 0.3 is 0 Å². The Morgan fingerprint density at radius 1 is 1.13 bits per heavy atom. The van der Waals surface area contributed by atoms with E-state index < -0.39 is 11.6 Å². The van der Waals surface area contributed by atoms with Gasteiger partial charge in [-0.05, 0) is 52.7 Å². The first kappa shape index (κ1) is 21.7. The molecule has 0 aliphatic rings. The van der Waals surface area contributed by atoms with Crippen LogP contribution in [0.4, 0.5) is 8.78 Å². The Balaban J connectivity index is 1.86. The van der Waals surface area contributed by atoms with Crippen molar-refractivity contribution in [2.45, 2.75) is 13.5 Å². The van der Waals surface area contributed by atoms with Crippen LogP contribution in [0.2, 0.25) is 0 Å². The Morgan fingerprint density at radius 3 is 2.47 bits per heavy atom. The topological polar surface area (TPSA) is 86.3 Å². The maximum absolute atomic E-state index is 13.9. The molecule has 0 saturated carbocycles. The van der Waals surface area contributed by atoms with Crippen molar-refractivity contribution in [1.82, 2.24) is 9.88 Å². The van der Waals surface area contributed by atoms with Gasteiger partial charge in [-0.15, -0.1) is 0 Å². The van der Waals surface area contributed by atoms with E-state index in [0.29, 0.717) is 17.3 Å². The fraction of sp³-hybridized carbons (Fsp3) is 0.143. The number of carbonyl (C=O) groups excluding carboxylic acids is 1. The second-order valence-corrected chi connectivity index (χ2v) is 7.23. The summed E-state index contributed by atoms with van der Waals surface area (Å²) < 4.78 is 34.0. The molecule has 0 radical (unpaired) electrons. The number of pyridine rings is 1. The van der Waals surface area contributed by atoms with Gasteiger partial charge in [0.25, 0.3) is 11.5 Å². The molecule has 3 rings (SSSR count). The molecule has 2 aromatic carbocycles. The van der Waals surface area contributed by atoms with Crippen LogP contribution < -0.4 is 21.3 Å². The molecular weight excluding hydrogens is 460 g/mol. The van der Waals surface area contributed by atoms with Crippen LogP contribution in [-0.4, -0.2) is 17.1 Å². The van der Waals surface area contributed by atoms with Crippen molar-refractivity contribution in [2.24, 2.45) is 5.73 Å². The van der Waals surface area contributed by atoms with E-state index in [1.54, 1.807) is 37.3 Å². The molecule has 30 heavy (non-hydrogen) atoms. The summed E-state index contributed by atoms with van der Waals surface area (Å²) in [6.07, 6.45) is 0. The van der Waals surface area contributed by atoms with Gasteiger partial charge in [-0.25, -0.2) is 8.78 Å². The summed E-state index contributed by atoms with van der Waals surface area (Å²) >= 11 is 3.20. The third kappa shape index (κ3) is 4.74. The number of nitrogens with zero attached hydrogens (tertiary/aromatic N) is 1. The minimum Gasteiger partial charge on any atom is -0.453 e. The molecule has 9 heteroatoms. The number of ether oxygens (including phenoxy) is 1. The number of halogens is 3. The smallest absolute Gasteiger partial charge is 0.269 e. The van der Waals surface area contributed by atoms with Crippen LogP contribution in [0.1, 0.15) is 21.6 Å². The summed E-state index contributed by atoms with van der Waals surface area (Å²) in [7, 11) is 0. The normalized spacial score (nSPS) is 10.7. The van der Waals surface area contributed by atoms with Crippen molar-refractivity contribution in [1.29, 1.82) is 0 Å². The van der Waals surface area contributed by atoms with Crippen LogP contribution in [0.25, 0.3) is 0 Å². The van der Waals surface area contributed by atoms with Gasteiger partial charge in [0, 0.05) is 23.4 Å². The largest absolute Gasteiger partial charge is 0.453 e. The molecular formula is C21H18BrF2N3O3. The highest BCUT2D eigenvalue weighted by molar-refractivity contribution is 9.10. The number of rotatable bonds is 6. The van der Waals surface area contributed by atoms with E-state index in [1.807, 2.05) is 0 Å². The molecule has 1 heterocycles. The lowest BCUT2D eigenvalue weighted by molar-refractivity contribution is 0.0955. The van der Waals surface area contributed by atoms with Crippen LogP contribution in [0.5, 0.6) is 11.5 Å². The Bertz CT molecular complexity index is 1150. The van der Waals surface area contributed by atoms with Crippen molar-refractivity contribution in [3.63, 3.8) is 0 Å². The van der Waals surface area contributed by atoms with Crippen molar-refractivity contribution in [3.05, 3.63) is 91.8 Å². The van der Waals surface area contributed by atoms with Gasteiger partial charge < -0.3 is 20.4 Å². The molecule has 0 saturated heterocycles. The molecule has 0 aliphatic heterocycles. The first-order chi connectivity index (χ1) is 14.3. The molecule has 0 spiro atoms. The lowest BCUT2D eigenvalue weighted by atomic mass is 10.1. The highest BCUT2D eigenvalue weighted by atomic mass is 79.9. The fourth-order valence-corrected chi connectivity index (χ4v) is 3.21. The van der Waals surface area contributed by atoms with E-state index in [9.17, 15) is 18.4 Å². The highest BCUT2D eigenvalue weighted by Crippen LogP contribution is 2.30. The van der Waals surface area contributed by atoms with Gasteiger partial charge in [0.1, 0.15) is 16.0 Å². The van der Waals surface area contributed by atoms with Gasteiger partial charge in [-0.2, -0.15) is 0 Å². The Hall–Kier alpha value is -3.04. The second kappa shape index (κ2) is 9.19.